The monoisotopic (exact) mass is 586 g/mol. The lowest BCUT2D eigenvalue weighted by molar-refractivity contribution is -0.249. The Kier molecular flexibility index (Phi) is 9.59. The molecule has 0 aromatic heterocycles. The first kappa shape index (κ1) is 31.7. The number of cyclic esters (lactones) is 1. The number of unbranched alkanes of at least 4 members (excludes halogenated alkanes) is 8. The second kappa shape index (κ2) is 12.7. The fourth-order valence-electron chi connectivity index (χ4n) is 10.2. The molecule has 0 aromatic rings. The van der Waals surface area contributed by atoms with Gasteiger partial charge in [0.15, 0.2) is 0 Å². The maximum Gasteiger partial charge on any atom is 0.331 e. The van der Waals surface area contributed by atoms with E-state index in [0.29, 0.717) is 51.6 Å². The van der Waals surface area contributed by atoms with Crippen molar-refractivity contribution in [2.24, 2.45) is 28.6 Å². The number of carbonyl (C=O) groups is 3. The zero-order valence-corrected chi connectivity index (χ0v) is 26.0. The third-order valence-electron chi connectivity index (χ3n) is 12.6. The van der Waals surface area contributed by atoms with E-state index in [9.17, 15) is 24.6 Å². The van der Waals surface area contributed by atoms with E-state index >= 15 is 0 Å². The van der Waals surface area contributed by atoms with Crippen LogP contribution in [0.3, 0.4) is 0 Å². The number of rotatable bonds is 13. The summed E-state index contributed by atoms with van der Waals surface area (Å²) in [6, 6.07) is 0. The number of aliphatic hydroxyl groups is 2. The van der Waals surface area contributed by atoms with E-state index in [1.54, 1.807) is 6.08 Å². The van der Waals surface area contributed by atoms with Crippen LogP contribution in [0.4, 0.5) is 0 Å². The van der Waals surface area contributed by atoms with Gasteiger partial charge in [-0.15, -0.1) is 0 Å². The van der Waals surface area contributed by atoms with E-state index < -0.39 is 22.0 Å². The van der Waals surface area contributed by atoms with Gasteiger partial charge in [0.25, 0.3) is 0 Å². The molecule has 0 spiro atoms. The van der Waals surface area contributed by atoms with Crippen LogP contribution in [0, 0.1) is 28.6 Å². The maximum absolute atomic E-state index is 13.0. The Hall–Kier alpha value is -1.73. The van der Waals surface area contributed by atoms with Crippen molar-refractivity contribution in [2.75, 3.05) is 6.61 Å². The van der Waals surface area contributed by atoms with Crippen molar-refractivity contribution in [3.63, 3.8) is 0 Å². The summed E-state index contributed by atoms with van der Waals surface area (Å²) in [5, 5.41) is 24.5. The van der Waals surface area contributed by atoms with Crippen LogP contribution in [0.1, 0.15) is 136 Å². The van der Waals surface area contributed by atoms with E-state index in [1.807, 2.05) is 0 Å². The molecule has 4 aliphatic carbocycles. The number of fused-ring (bicyclic) bond motifs is 5. The Labute approximate surface area is 252 Å². The number of hydrogen-bond acceptors (Lipinski definition) is 7. The molecular weight excluding hydrogens is 532 g/mol. The van der Waals surface area contributed by atoms with Crippen LogP contribution in [-0.2, 0) is 23.9 Å². The lowest BCUT2D eigenvalue weighted by Crippen LogP contribution is -2.69. The Morgan fingerprint density at radius 1 is 0.952 bits per heavy atom. The number of aldehydes is 1. The van der Waals surface area contributed by atoms with Gasteiger partial charge in [-0.3, -0.25) is 4.79 Å². The van der Waals surface area contributed by atoms with Crippen molar-refractivity contribution < 1.29 is 34.1 Å². The topological polar surface area (TPSA) is 110 Å². The minimum atomic E-state index is -1.23. The largest absolute Gasteiger partial charge is 0.462 e. The quantitative estimate of drug-likeness (QED) is 0.147. The summed E-state index contributed by atoms with van der Waals surface area (Å²) in [4.78, 5) is 37.5. The van der Waals surface area contributed by atoms with Gasteiger partial charge >= 0.3 is 11.9 Å². The minimum Gasteiger partial charge on any atom is -0.462 e. The van der Waals surface area contributed by atoms with E-state index in [-0.39, 0.29) is 35.8 Å². The highest BCUT2D eigenvalue weighted by Crippen LogP contribution is 2.70. The molecule has 0 aromatic carbocycles. The Morgan fingerprint density at radius 2 is 1.64 bits per heavy atom. The van der Waals surface area contributed by atoms with E-state index in [4.69, 9.17) is 9.47 Å². The average molecular weight is 587 g/mol. The van der Waals surface area contributed by atoms with Crippen molar-refractivity contribution >= 4 is 18.2 Å². The van der Waals surface area contributed by atoms with Crippen LogP contribution in [-0.4, -0.2) is 52.4 Å². The van der Waals surface area contributed by atoms with Gasteiger partial charge in [0.05, 0.1) is 16.6 Å². The molecule has 7 nitrogen and oxygen atoms in total. The Bertz CT molecular complexity index is 1040. The Balaban J connectivity index is 1.17. The second-order valence-electron chi connectivity index (χ2n) is 14.7. The molecule has 7 heteroatoms. The molecule has 4 fully saturated rings. The summed E-state index contributed by atoms with van der Waals surface area (Å²) >= 11 is 0. The zero-order valence-electron chi connectivity index (χ0n) is 26.0. The van der Waals surface area contributed by atoms with Crippen molar-refractivity contribution in [1.82, 2.24) is 0 Å². The first-order chi connectivity index (χ1) is 20.1. The van der Waals surface area contributed by atoms with Crippen molar-refractivity contribution in [3.05, 3.63) is 11.6 Å². The second-order valence-corrected chi connectivity index (χ2v) is 14.7. The molecule has 0 bridgehead atoms. The van der Waals surface area contributed by atoms with Crippen molar-refractivity contribution in [3.8, 4) is 0 Å². The third kappa shape index (κ3) is 5.50. The third-order valence-corrected chi connectivity index (χ3v) is 12.6. The van der Waals surface area contributed by atoms with Crippen LogP contribution in [0.5, 0.6) is 0 Å². The number of ether oxygens (including phenoxy) is 2. The average Bonchev–Trinajstić information content (AvgIpc) is 3.51. The van der Waals surface area contributed by atoms with Gasteiger partial charge in [-0.05, 0) is 81.1 Å². The summed E-state index contributed by atoms with van der Waals surface area (Å²) in [6.45, 7) is 4.69. The summed E-state index contributed by atoms with van der Waals surface area (Å²) in [5.74, 6) is -0.604. The smallest absolute Gasteiger partial charge is 0.331 e. The van der Waals surface area contributed by atoms with Gasteiger partial charge in [-0.25, -0.2) is 4.79 Å². The molecule has 2 N–H and O–H groups in total. The number of esters is 2. The van der Waals surface area contributed by atoms with Gasteiger partial charge in [-0.1, -0.05) is 65.2 Å². The van der Waals surface area contributed by atoms with E-state index in [0.717, 1.165) is 50.4 Å². The molecule has 1 aliphatic heterocycles. The molecule has 1 unspecified atom stereocenters. The molecule has 42 heavy (non-hydrogen) atoms. The van der Waals surface area contributed by atoms with Gasteiger partial charge in [0.1, 0.15) is 19.0 Å². The molecule has 4 saturated carbocycles. The van der Waals surface area contributed by atoms with E-state index in [2.05, 4.69) is 13.8 Å². The summed E-state index contributed by atoms with van der Waals surface area (Å²) in [6.07, 6.45) is 18.7. The molecule has 8 atom stereocenters. The van der Waals surface area contributed by atoms with Crippen LogP contribution in [0.15, 0.2) is 11.6 Å². The number of hydrogen-bond donors (Lipinski definition) is 2. The predicted octanol–water partition coefficient (Wildman–Crippen LogP) is 6.37. The van der Waals surface area contributed by atoms with Crippen LogP contribution < -0.4 is 0 Å². The molecule has 5 aliphatic rings. The summed E-state index contributed by atoms with van der Waals surface area (Å²) in [7, 11) is 0. The van der Waals surface area contributed by atoms with Crippen LogP contribution >= 0.6 is 0 Å². The normalized spacial score (nSPS) is 40.9. The van der Waals surface area contributed by atoms with Gasteiger partial charge in [0.2, 0.25) is 0 Å². The van der Waals surface area contributed by atoms with E-state index in [1.165, 1.54) is 38.5 Å². The molecule has 0 saturated heterocycles. The zero-order chi connectivity index (χ0) is 30.0. The maximum atomic E-state index is 13.0. The lowest BCUT2D eigenvalue weighted by atomic mass is 9.41. The first-order valence-electron chi connectivity index (χ1n) is 17.1. The highest BCUT2D eigenvalue weighted by atomic mass is 16.5. The fourth-order valence-corrected chi connectivity index (χ4v) is 10.2. The molecular formula is C35H54O7. The van der Waals surface area contributed by atoms with Crippen molar-refractivity contribution in [2.45, 2.75) is 153 Å². The standard InChI is InChI=1S/C35H54O7/c1-3-4-5-6-7-8-9-10-11-12-30(37)42-26-13-18-33(24-36)28-14-17-32(2)27(25-21-31(38)41-23-25)16-20-35(32,40)29(28)15-19-34(33,39)22-26/h21,24,26-29,39-40H,3-20,22-23H2,1-2H3/t26-,27+,28-,29+,32+,33-,34-,35?/m0/s1. The van der Waals surface area contributed by atoms with Crippen LogP contribution in [0.2, 0.25) is 0 Å². The predicted molar refractivity (Wildman–Crippen MR) is 159 cm³/mol. The van der Waals surface area contributed by atoms with Gasteiger partial charge in [0, 0.05) is 24.3 Å². The Morgan fingerprint density at radius 3 is 2.31 bits per heavy atom. The molecule has 236 valence electrons. The highest BCUT2D eigenvalue weighted by molar-refractivity contribution is 5.85. The van der Waals surface area contributed by atoms with Crippen LogP contribution in [0.25, 0.3) is 0 Å². The lowest BCUT2D eigenvalue weighted by Gasteiger charge is -2.65. The molecule has 0 amide bonds. The first-order valence-corrected chi connectivity index (χ1v) is 17.1. The highest BCUT2D eigenvalue weighted by Gasteiger charge is 2.71. The molecule has 0 radical (unpaired) electrons. The SMILES string of the molecule is CCCCCCCCCCCC(=O)O[C@H]1CC[C@]2(C=O)[C@H]3CC[C@]4(C)[C@@H](C5=CC(=O)OC5)CCC4(O)[C@@H]3CC[C@]2(O)C1. The van der Waals surface area contributed by atoms with Gasteiger partial charge in [-0.2, -0.15) is 0 Å². The summed E-state index contributed by atoms with van der Waals surface area (Å²) < 4.78 is 11.1. The van der Waals surface area contributed by atoms with Gasteiger partial charge < -0.3 is 24.5 Å². The summed E-state index contributed by atoms with van der Waals surface area (Å²) in [5.41, 5.74) is -2.53. The minimum absolute atomic E-state index is 0.0869. The molecule has 5 rings (SSSR count). The fraction of sp³-hybridized carbons (Fsp3) is 0.857. The molecule has 1 heterocycles. The van der Waals surface area contributed by atoms with Crippen molar-refractivity contribution in [1.29, 1.82) is 0 Å². The number of carbonyl (C=O) groups excluding carboxylic acids is 3.